The van der Waals surface area contributed by atoms with E-state index in [4.69, 9.17) is 9.84 Å². The zero-order chi connectivity index (χ0) is 20.8. The Hall–Kier alpha value is -3.93. The maximum Gasteiger partial charge on any atom is 0.255 e. The highest BCUT2D eigenvalue weighted by molar-refractivity contribution is 5.99. The van der Waals surface area contributed by atoms with Crippen LogP contribution in [0.15, 0.2) is 85.2 Å². The molecule has 0 aliphatic rings. The van der Waals surface area contributed by atoms with Crippen LogP contribution < -0.4 is 10.1 Å². The molecule has 6 nitrogen and oxygen atoms in total. The molecule has 2 heterocycles. The minimum Gasteiger partial charge on any atom is -0.478 e. The summed E-state index contributed by atoms with van der Waals surface area (Å²) in [5, 5.41) is 7.67. The predicted molar refractivity (Wildman–Crippen MR) is 116 cm³/mol. The Morgan fingerprint density at radius 3 is 2.50 bits per heavy atom. The van der Waals surface area contributed by atoms with Gasteiger partial charge in [-0.25, -0.2) is 9.67 Å². The lowest BCUT2D eigenvalue weighted by molar-refractivity contribution is 0.0951. The van der Waals surface area contributed by atoms with Crippen LogP contribution in [-0.2, 0) is 6.54 Å². The highest BCUT2D eigenvalue weighted by Gasteiger charge is 2.18. The van der Waals surface area contributed by atoms with Crippen LogP contribution in [0.2, 0.25) is 0 Å². The summed E-state index contributed by atoms with van der Waals surface area (Å²) in [5.74, 6) is 0.358. The normalized spacial score (nSPS) is 10.6. The quantitative estimate of drug-likeness (QED) is 0.505. The van der Waals surface area contributed by atoms with Crippen molar-refractivity contribution in [3.63, 3.8) is 0 Å². The van der Waals surface area contributed by atoms with E-state index in [-0.39, 0.29) is 5.91 Å². The van der Waals surface area contributed by atoms with E-state index in [0.29, 0.717) is 30.3 Å². The number of rotatable bonds is 7. The number of hydrogen-bond donors (Lipinski definition) is 1. The van der Waals surface area contributed by atoms with Crippen molar-refractivity contribution in [1.82, 2.24) is 20.1 Å². The molecule has 0 saturated heterocycles. The lowest BCUT2D eigenvalue weighted by atomic mass is 10.1. The largest absolute Gasteiger partial charge is 0.478 e. The first kappa shape index (κ1) is 19.4. The molecule has 0 spiro atoms. The fraction of sp³-hybridized carbons (Fsp3) is 0.125. The van der Waals surface area contributed by atoms with Crippen LogP contribution in [0.4, 0.5) is 0 Å². The Morgan fingerprint density at radius 1 is 1.03 bits per heavy atom. The third-order valence-corrected chi connectivity index (χ3v) is 4.57. The zero-order valence-corrected chi connectivity index (χ0v) is 16.7. The number of nitrogens with one attached hydrogen (secondary N) is 1. The van der Waals surface area contributed by atoms with Gasteiger partial charge in [0.2, 0.25) is 5.88 Å². The SMILES string of the molecule is CCOc1cc(CNC(=O)c2cn(-c3ccccc3)nc2-c2ccccc2)ccn1. The van der Waals surface area contributed by atoms with Crippen LogP contribution in [0.3, 0.4) is 0 Å². The number of nitrogens with zero attached hydrogens (tertiary/aromatic N) is 3. The highest BCUT2D eigenvalue weighted by atomic mass is 16.5. The van der Waals surface area contributed by atoms with Crippen molar-refractivity contribution in [3.05, 3.63) is 96.3 Å². The van der Waals surface area contributed by atoms with E-state index in [9.17, 15) is 4.79 Å². The van der Waals surface area contributed by atoms with Gasteiger partial charge in [-0.2, -0.15) is 5.10 Å². The summed E-state index contributed by atoms with van der Waals surface area (Å²) in [4.78, 5) is 17.2. The van der Waals surface area contributed by atoms with Crippen molar-refractivity contribution in [2.75, 3.05) is 6.61 Å². The molecule has 2 aromatic carbocycles. The Labute approximate surface area is 175 Å². The van der Waals surface area contributed by atoms with E-state index in [0.717, 1.165) is 16.8 Å². The van der Waals surface area contributed by atoms with Gasteiger partial charge in [-0.15, -0.1) is 0 Å². The van der Waals surface area contributed by atoms with Gasteiger partial charge in [-0.05, 0) is 30.7 Å². The van der Waals surface area contributed by atoms with E-state index >= 15 is 0 Å². The first-order chi connectivity index (χ1) is 14.7. The van der Waals surface area contributed by atoms with Gasteiger partial charge in [0.25, 0.3) is 5.91 Å². The number of amides is 1. The van der Waals surface area contributed by atoms with E-state index in [2.05, 4.69) is 10.3 Å². The van der Waals surface area contributed by atoms with Gasteiger partial charge in [0, 0.05) is 30.6 Å². The number of para-hydroxylation sites is 1. The number of ether oxygens (including phenoxy) is 1. The molecule has 2 aromatic heterocycles. The van der Waals surface area contributed by atoms with E-state index < -0.39 is 0 Å². The Balaban J connectivity index is 1.61. The van der Waals surface area contributed by atoms with E-state index in [1.54, 1.807) is 17.1 Å². The number of aromatic nitrogens is 3. The molecule has 150 valence electrons. The highest BCUT2D eigenvalue weighted by Crippen LogP contribution is 2.23. The molecule has 1 amide bonds. The van der Waals surface area contributed by atoms with Gasteiger partial charge in [0.15, 0.2) is 0 Å². The Kier molecular flexibility index (Phi) is 5.85. The number of benzene rings is 2. The summed E-state index contributed by atoms with van der Waals surface area (Å²) < 4.78 is 7.16. The molecule has 0 radical (unpaired) electrons. The van der Waals surface area contributed by atoms with Crippen molar-refractivity contribution in [2.45, 2.75) is 13.5 Å². The smallest absolute Gasteiger partial charge is 0.255 e. The van der Waals surface area contributed by atoms with E-state index in [1.165, 1.54) is 0 Å². The van der Waals surface area contributed by atoms with Gasteiger partial charge in [0.05, 0.1) is 17.9 Å². The summed E-state index contributed by atoms with van der Waals surface area (Å²) >= 11 is 0. The zero-order valence-electron chi connectivity index (χ0n) is 16.7. The van der Waals surface area contributed by atoms with Crippen molar-refractivity contribution in [3.8, 4) is 22.8 Å². The molecule has 6 heteroatoms. The van der Waals surface area contributed by atoms with Crippen LogP contribution in [0.25, 0.3) is 16.9 Å². The van der Waals surface area contributed by atoms with E-state index in [1.807, 2.05) is 79.7 Å². The molecule has 1 N–H and O–H groups in total. The van der Waals surface area contributed by atoms with Crippen LogP contribution in [0.1, 0.15) is 22.8 Å². The summed E-state index contributed by atoms with van der Waals surface area (Å²) in [5.41, 5.74) is 3.86. The fourth-order valence-corrected chi connectivity index (χ4v) is 3.13. The lowest BCUT2D eigenvalue weighted by Crippen LogP contribution is -2.23. The maximum atomic E-state index is 13.1. The number of hydrogen-bond acceptors (Lipinski definition) is 4. The third-order valence-electron chi connectivity index (χ3n) is 4.57. The van der Waals surface area contributed by atoms with Crippen molar-refractivity contribution >= 4 is 5.91 Å². The Bertz CT molecular complexity index is 1120. The van der Waals surface area contributed by atoms with Gasteiger partial charge in [-0.1, -0.05) is 48.5 Å². The van der Waals surface area contributed by atoms with Crippen LogP contribution >= 0.6 is 0 Å². The van der Waals surface area contributed by atoms with Crippen molar-refractivity contribution in [1.29, 1.82) is 0 Å². The number of pyridine rings is 1. The molecule has 0 aliphatic carbocycles. The van der Waals surface area contributed by atoms with Gasteiger partial charge >= 0.3 is 0 Å². The fourth-order valence-electron chi connectivity index (χ4n) is 3.13. The molecular formula is C24H22N4O2. The minimum atomic E-state index is -0.189. The summed E-state index contributed by atoms with van der Waals surface area (Å²) in [7, 11) is 0. The molecule has 4 aromatic rings. The molecule has 0 fully saturated rings. The Morgan fingerprint density at radius 2 is 1.77 bits per heavy atom. The lowest BCUT2D eigenvalue weighted by Gasteiger charge is -2.07. The van der Waals surface area contributed by atoms with Crippen LogP contribution in [-0.4, -0.2) is 27.3 Å². The molecule has 30 heavy (non-hydrogen) atoms. The van der Waals surface area contributed by atoms with Crippen molar-refractivity contribution in [2.24, 2.45) is 0 Å². The summed E-state index contributed by atoms with van der Waals surface area (Å²) in [6.07, 6.45) is 3.44. The second-order valence-corrected chi connectivity index (χ2v) is 6.66. The predicted octanol–water partition coefficient (Wildman–Crippen LogP) is 4.26. The molecule has 4 rings (SSSR count). The summed E-state index contributed by atoms with van der Waals surface area (Å²) in [6, 6.07) is 23.1. The number of carbonyl (C=O) groups is 1. The molecule has 0 bridgehead atoms. The second-order valence-electron chi connectivity index (χ2n) is 6.66. The molecule has 0 unspecified atom stereocenters. The standard InChI is InChI=1S/C24H22N4O2/c1-2-30-22-15-18(13-14-25-22)16-26-24(29)21-17-28(20-11-7-4-8-12-20)27-23(21)19-9-5-3-6-10-19/h3-15,17H,2,16H2,1H3,(H,26,29). The molecule has 0 aliphatic heterocycles. The number of carbonyl (C=O) groups excluding carboxylic acids is 1. The first-order valence-corrected chi connectivity index (χ1v) is 9.81. The third kappa shape index (κ3) is 4.38. The summed E-state index contributed by atoms with van der Waals surface area (Å²) in [6.45, 7) is 2.82. The van der Waals surface area contributed by atoms with Gasteiger partial charge < -0.3 is 10.1 Å². The average Bonchev–Trinajstić information content (AvgIpc) is 3.25. The molecular weight excluding hydrogens is 376 g/mol. The average molecular weight is 398 g/mol. The van der Waals surface area contributed by atoms with Crippen LogP contribution in [0.5, 0.6) is 5.88 Å². The van der Waals surface area contributed by atoms with Crippen LogP contribution in [0, 0.1) is 0 Å². The van der Waals surface area contributed by atoms with Crippen molar-refractivity contribution < 1.29 is 9.53 Å². The van der Waals surface area contributed by atoms with Gasteiger partial charge in [-0.3, -0.25) is 4.79 Å². The monoisotopic (exact) mass is 398 g/mol. The first-order valence-electron chi connectivity index (χ1n) is 9.81. The minimum absolute atomic E-state index is 0.189. The second kappa shape index (κ2) is 9.05. The molecule has 0 saturated carbocycles. The van der Waals surface area contributed by atoms with Gasteiger partial charge in [0.1, 0.15) is 5.69 Å². The molecule has 0 atom stereocenters. The topological polar surface area (TPSA) is 69.0 Å². The maximum absolute atomic E-state index is 13.1.